The molecule has 0 amide bonds. The van der Waals surface area contributed by atoms with Gasteiger partial charge in [0, 0.05) is 36.2 Å². The molecule has 0 aliphatic carbocycles. The van der Waals surface area contributed by atoms with E-state index in [0.717, 1.165) is 39.0 Å². The summed E-state index contributed by atoms with van der Waals surface area (Å²) in [6, 6.07) is 4.24. The van der Waals surface area contributed by atoms with Crippen LogP contribution in [-0.2, 0) is 6.18 Å². The Morgan fingerprint density at radius 1 is 1.17 bits per heavy atom. The zero-order valence-corrected chi connectivity index (χ0v) is 21.2. The number of hydrogen-bond donors (Lipinski definition) is 1. The first-order chi connectivity index (χ1) is 17.2. The second kappa shape index (κ2) is 9.96. The van der Waals surface area contributed by atoms with E-state index >= 15 is 0 Å². The van der Waals surface area contributed by atoms with Gasteiger partial charge in [0.25, 0.3) is 0 Å². The van der Waals surface area contributed by atoms with Crippen molar-refractivity contribution in [3.05, 3.63) is 45.7 Å². The Hall–Kier alpha value is -2.14. The van der Waals surface area contributed by atoms with E-state index in [1.807, 2.05) is 4.90 Å². The summed E-state index contributed by atoms with van der Waals surface area (Å²) in [5, 5.41) is 13.9. The molecule has 1 unspecified atom stereocenters. The molecule has 36 heavy (non-hydrogen) atoms. The molecule has 12 heteroatoms. The number of rotatable bonds is 6. The number of anilines is 1. The van der Waals surface area contributed by atoms with E-state index in [1.165, 1.54) is 10.9 Å². The predicted molar refractivity (Wildman–Crippen MR) is 133 cm³/mol. The lowest BCUT2D eigenvalue weighted by Crippen LogP contribution is -2.54. The highest BCUT2D eigenvalue weighted by Gasteiger charge is 2.40. The summed E-state index contributed by atoms with van der Waals surface area (Å²) in [7, 11) is 0. The average Bonchev–Trinajstić information content (AvgIpc) is 3.18. The first-order valence-electron chi connectivity index (χ1n) is 12.0. The Labute approximate surface area is 216 Å². The Bertz CT molecular complexity index is 1240. The Kier molecular flexibility index (Phi) is 7.06. The molecule has 7 nitrogen and oxygen atoms in total. The van der Waals surface area contributed by atoms with Gasteiger partial charge in [-0.3, -0.25) is 0 Å². The number of halogens is 5. The van der Waals surface area contributed by atoms with Crippen molar-refractivity contribution in [1.29, 1.82) is 0 Å². The lowest BCUT2D eigenvalue weighted by molar-refractivity contribution is -0.140. The minimum atomic E-state index is -4.67. The van der Waals surface area contributed by atoms with Crippen molar-refractivity contribution < 1.29 is 18.3 Å². The third-order valence-electron chi connectivity index (χ3n) is 7.30. The summed E-state index contributed by atoms with van der Waals surface area (Å²) >= 11 is 12.3. The number of β-amino-alcohol motifs (C(OH)–C–C–N with tert-alkyl or cyclic N) is 1. The molecule has 1 N–H and O–H groups in total. The largest absolute Gasteiger partial charge is 0.437 e. The summed E-state index contributed by atoms with van der Waals surface area (Å²) in [4.78, 5) is 13.1. The van der Waals surface area contributed by atoms with Crippen LogP contribution in [0.15, 0.2) is 24.4 Å². The first-order valence-corrected chi connectivity index (χ1v) is 12.8. The van der Waals surface area contributed by atoms with E-state index in [4.69, 9.17) is 23.2 Å². The molecule has 0 saturated carbocycles. The average molecular weight is 543 g/mol. The number of benzene rings is 1. The smallest absolute Gasteiger partial charge is 0.395 e. The number of piperidine rings is 1. The van der Waals surface area contributed by atoms with E-state index < -0.39 is 17.9 Å². The quantitative estimate of drug-likeness (QED) is 0.477. The summed E-state index contributed by atoms with van der Waals surface area (Å²) in [6.07, 6.45) is -1.02. The molecule has 2 aliphatic rings. The van der Waals surface area contributed by atoms with Gasteiger partial charge in [0.1, 0.15) is 11.3 Å². The van der Waals surface area contributed by atoms with E-state index in [2.05, 4.69) is 20.0 Å². The van der Waals surface area contributed by atoms with E-state index in [-0.39, 0.29) is 17.8 Å². The molecule has 1 aromatic carbocycles. The second-order valence-electron chi connectivity index (χ2n) is 9.62. The SMILES string of the molecule is CC(c1ccc(Cl)cc1Cl)n1nc(C(F)(F)F)c2ncc(N3CC([C@@H]4CCCN(CCO)C4)C3)nc21. The Morgan fingerprint density at radius 3 is 2.64 bits per heavy atom. The lowest BCUT2D eigenvalue weighted by atomic mass is 9.80. The van der Waals surface area contributed by atoms with Gasteiger partial charge in [0.2, 0.25) is 0 Å². The molecule has 2 saturated heterocycles. The zero-order chi connectivity index (χ0) is 25.6. The summed E-state index contributed by atoms with van der Waals surface area (Å²) < 4.78 is 42.6. The van der Waals surface area contributed by atoms with Gasteiger partial charge in [-0.15, -0.1) is 0 Å². The van der Waals surface area contributed by atoms with Gasteiger partial charge in [0.05, 0.1) is 18.8 Å². The molecule has 0 radical (unpaired) electrons. The molecule has 2 aliphatic heterocycles. The van der Waals surface area contributed by atoms with Gasteiger partial charge in [0.15, 0.2) is 11.3 Å². The van der Waals surface area contributed by atoms with Crippen LogP contribution in [0.5, 0.6) is 0 Å². The van der Waals surface area contributed by atoms with Crippen LogP contribution in [0.25, 0.3) is 11.2 Å². The fourth-order valence-corrected chi connectivity index (χ4v) is 5.87. The number of likely N-dealkylation sites (tertiary alicyclic amines) is 1. The molecule has 194 valence electrons. The van der Waals surface area contributed by atoms with Crippen LogP contribution >= 0.6 is 23.2 Å². The maximum absolute atomic E-state index is 13.8. The monoisotopic (exact) mass is 542 g/mol. The van der Waals surface area contributed by atoms with Gasteiger partial charge < -0.3 is 14.9 Å². The van der Waals surface area contributed by atoms with Crippen LogP contribution in [0.1, 0.15) is 37.1 Å². The third kappa shape index (κ3) is 4.88. The normalized spacial score (nSPS) is 20.6. The maximum atomic E-state index is 13.8. The Balaban J connectivity index is 1.42. The van der Waals surface area contributed by atoms with E-state index in [1.54, 1.807) is 25.1 Å². The van der Waals surface area contributed by atoms with Gasteiger partial charge >= 0.3 is 6.18 Å². The predicted octanol–water partition coefficient (Wildman–Crippen LogP) is 4.90. The lowest BCUT2D eigenvalue weighted by Gasteiger charge is -2.47. The number of aliphatic hydroxyl groups is 1. The molecule has 4 heterocycles. The molecule has 3 aromatic rings. The highest BCUT2D eigenvalue weighted by atomic mass is 35.5. The molecular formula is C24H27Cl2F3N6O. The van der Waals surface area contributed by atoms with Crippen LogP contribution < -0.4 is 4.90 Å². The van der Waals surface area contributed by atoms with Crippen molar-refractivity contribution in [2.45, 2.75) is 32.0 Å². The van der Waals surface area contributed by atoms with E-state index in [0.29, 0.717) is 39.8 Å². The molecule has 5 rings (SSSR count). The number of nitrogens with zero attached hydrogens (tertiary/aromatic N) is 6. The number of hydrogen-bond acceptors (Lipinski definition) is 6. The number of alkyl halides is 3. The maximum Gasteiger partial charge on any atom is 0.437 e. The molecule has 2 fully saturated rings. The van der Waals surface area contributed by atoms with Crippen molar-refractivity contribution in [2.24, 2.45) is 11.8 Å². The van der Waals surface area contributed by atoms with Crippen LogP contribution in [0.2, 0.25) is 10.0 Å². The van der Waals surface area contributed by atoms with Gasteiger partial charge in [-0.2, -0.15) is 18.3 Å². The highest BCUT2D eigenvalue weighted by molar-refractivity contribution is 6.35. The topological polar surface area (TPSA) is 70.3 Å². The summed E-state index contributed by atoms with van der Waals surface area (Å²) in [5.41, 5.74) is -0.706. The minimum Gasteiger partial charge on any atom is -0.395 e. The van der Waals surface area contributed by atoms with Crippen LogP contribution in [0.4, 0.5) is 19.0 Å². The van der Waals surface area contributed by atoms with Crippen molar-refractivity contribution in [3.63, 3.8) is 0 Å². The fraction of sp³-hybridized carbons (Fsp3) is 0.542. The molecule has 2 aromatic heterocycles. The van der Waals surface area contributed by atoms with Gasteiger partial charge in [-0.05, 0) is 55.8 Å². The third-order valence-corrected chi connectivity index (χ3v) is 7.86. The standard InChI is InChI=1S/C24H27Cl2F3N6O/c1-14(18-5-4-17(25)9-19(18)26)35-23-21(22(32-35)24(27,28)29)30-10-20(31-23)34-12-16(13-34)15-3-2-6-33(11-15)7-8-36/h4-5,9-10,14-16,36H,2-3,6-8,11-13H2,1H3/t14?,15-/m1/s1. The van der Waals surface area contributed by atoms with Crippen LogP contribution in [0, 0.1) is 11.8 Å². The summed E-state index contributed by atoms with van der Waals surface area (Å²) in [6.45, 7) is 6.09. The first kappa shape index (κ1) is 25.5. The fourth-order valence-electron chi connectivity index (χ4n) is 5.30. The van der Waals surface area contributed by atoms with Gasteiger partial charge in [-0.25, -0.2) is 14.6 Å². The number of aliphatic hydroxyl groups excluding tert-OH is 1. The Morgan fingerprint density at radius 2 is 1.94 bits per heavy atom. The van der Waals surface area contributed by atoms with Crippen molar-refractivity contribution >= 4 is 40.2 Å². The molecular weight excluding hydrogens is 516 g/mol. The highest BCUT2D eigenvalue weighted by Crippen LogP contribution is 2.38. The van der Waals surface area contributed by atoms with Crippen molar-refractivity contribution in [2.75, 3.05) is 44.2 Å². The van der Waals surface area contributed by atoms with Gasteiger partial charge in [-0.1, -0.05) is 29.3 Å². The molecule has 0 spiro atoms. The second-order valence-corrected chi connectivity index (χ2v) is 10.5. The van der Waals surface area contributed by atoms with Crippen molar-refractivity contribution in [3.8, 4) is 0 Å². The van der Waals surface area contributed by atoms with Crippen molar-refractivity contribution in [1.82, 2.24) is 24.6 Å². The molecule has 0 bridgehead atoms. The number of aromatic nitrogens is 4. The van der Waals surface area contributed by atoms with Crippen LogP contribution in [-0.4, -0.2) is 69.1 Å². The molecule has 2 atom stereocenters. The zero-order valence-electron chi connectivity index (χ0n) is 19.7. The number of fused-ring (bicyclic) bond motifs is 1. The minimum absolute atomic E-state index is 0.0635. The summed E-state index contributed by atoms with van der Waals surface area (Å²) in [5.74, 6) is 1.55. The van der Waals surface area contributed by atoms with Crippen LogP contribution in [0.3, 0.4) is 0 Å². The van der Waals surface area contributed by atoms with E-state index in [9.17, 15) is 18.3 Å².